The maximum atomic E-state index is 12.2. The number of aromatic nitrogens is 8. The van der Waals surface area contributed by atoms with E-state index in [2.05, 4.69) is 29.9 Å². The molecule has 7 N–H and O–H groups in total. The van der Waals surface area contributed by atoms with Crippen molar-refractivity contribution in [3.8, 4) is 6.07 Å². The number of aliphatic hydroxyl groups excluding tert-OH is 3. The molecular weight excluding hydrogens is 834 g/mol. The van der Waals surface area contributed by atoms with Crippen molar-refractivity contribution in [2.75, 3.05) is 31.3 Å². The van der Waals surface area contributed by atoms with Gasteiger partial charge in [0.15, 0.2) is 35.4 Å². The average molecular weight is 876 g/mol. The van der Waals surface area contributed by atoms with Gasteiger partial charge < -0.3 is 54.6 Å². The molecule has 324 valence electrons. The van der Waals surface area contributed by atoms with Gasteiger partial charge in [0.2, 0.25) is 0 Å². The molecule has 0 saturated carbocycles. The lowest BCUT2D eigenvalue weighted by molar-refractivity contribution is -0.0938. The number of nitriles is 1. The van der Waals surface area contributed by atoms with Crippen LogP contribution in [0, 0.1) is 11.3 Å². The van der Waals surface area contributed by atoms with Gasteiger partial charge in [-0.05, 0) is 16.7 Å². The smallest absolute Gasteiger partial charge is 0.333 e. The van der Waals surface area contributed by atoms with Gasteiger partial charge in [-0.25, -0.2) is 29.9 Å². The monoisotopic (exact) mass is 875 g/mol. The van der Waals surface area contributed by atoms with Gasteiger partial charge in [-0.3, -0.25) is 9.13 Å². The Bertz CT molecular complexity index is 2580. The summed E-state index contributed by atoms with van der Waals surface area (Å²) in [6.45, 7) is -0.584. The lowest BCUT2D eigenvalue weighted by Crippen LogP contribution is -2.40. The first-order chi connectivity index (χ1) is 30.8. The molecule has 0 aliphatic carbocycles. The summed E-state index contributed by atoms with van der Waals surface area (Å²) in [5.74, 6) is 0.278. The normalized spacial score (nSPS) is 24.2. The highest BCUT2D eigenvalue weighted by Gasteiger charge is 2.51. The second-order valence-electron chi connectivity index (χ2n) is 14.7. The van der Waals surface area contributed by atoms with Crippen molar-refractivity contribution < 1.29 is 43.1 Å². The standard InChI is InChI=1S/C42H42N11O9P/c43-17-10-18-58-63(59-20-28-32(54)33(55)40(60-28)52-23-50-30-36(44)46-21-48-38(30)52)62-35-29(61-41(34(35)56)53-24-51-31-37(45)47-22-49-39(31)53)19-57-42(25-11-4-1-5-12-25,26-13-6-2-7-14-26)27-15-8-3-9-16-27/h1-9,11-16,21-24,28-29,32-35,40-41,54-56H,10,18-20H2,(H2,44,46,48)(H2,45,47,49)/t28-,29-,32-,33-,34-,35-,40-,41-,63?/m1/s1. The maximum Gasteiger partial charge on any atom is 0.333 e. The van der Waals surface area contributed by atoms with Crippen LogP contribution in [-0.2, 0) is 33.4 Å². The number of nitrogens with zero attached hydrogens (tertiary/aromatic N) is 9. The number of fused-ring (bicyclic) bond motifs is 2. The van der Waals surface area contributed by atoms with E-state index in [0.717, 1.165) is 16.7 Å². The molecule has 6 heterocycles. The predicted molar refractivity (Wildman–Crippen MR) is 224 cm³/mol. The van der Waals surface area contributed by atoms with Crippen LogP contribution >= 0.6 is 8.60 Å². The number of anilines is 2. The van der Waals surface area contributed by atoms with E-state index in [4.69, 9.17) is 39.2 Å². The Morgan fingerprint density at radius 1 is 0.651 bits per heavy atom. The Balaban J connectivity index is 1.03. The highest BCUT2D eigenvalue weighted by atomic mass is 31.2. The van der Waals surface area contributed by atoms with Gasteiger partial charge in [-0.15, -0.1) is 0 Å². The van der Waals surface area contributed by atoms with E-state index in [9.17, 15) is 20.6 Å². The average Bonchev–Trinajstić information content (AvgIpc) is 4.09. The van der Waals surface area contributed by atoms with E-state index in [1.54, 1.807) is 0 Å². The minimum absolute atomic E-state index is 0.0115. The maximum absolute atomic E-state index is 12.2. The van der Waals surface area contributed by atoms with E-state index in [0.29, 0.717) is 22.3 Å². The summed E-state index contributed by atoms with van der Waals surface area (Å²) in [5, 5.41) is 43.9. The zero-order valence-corrected chi connectivity index (χ0v) is 34.2. The predicted octanol–water partition coefficient (Wildman–Crippen LogP) is 3.28. The molecule has 0 amide bonds. The minimum Gasteiger partial charge on any atom is -0.387 e. The first kappa shape index (κ1) is 42.2. The fraction of sp³-hybridized carbons (Fsp3) is 0.310. The number of ether oxygens (including phenoxy) is 3. The number of hydrogen-bond donors (Lipinski definition) is 5. The Morgan fingerprint density at radius 2 is 1.16 bits per heavy atom. The number of hydrogen-bond acceptors (Lipinski definition) is 18. The minimum atomic E-state index is -2.41. The summed E-state index contributed by atoms with van der Waals surface area (Å²) in [6.07, 6.45) is -4.46. The molecule has 1 unspecified atom stereocenters. The van der Waals surface area contributed by atoms with Crippen LogP contribution in [0.4, 0.5) is 11.6 Å². The number of aliphatic hydroxyl groups is 3. The van der Waals surface area contributed by atoms with Crippen LogP contribution in [0.3, 0.4) is 0 Å². The Morgan fingerprint density at radius 3 is 1.68 bits per heavy atom. The van der Waals surface area contributed by atoms with Crippen molar-refractivity contribution in [3.63, 3.8) is 0 Å². The molecule has 63 heavy (non-hydrogen) atoms. The fourth-order valence-corrected chi connectivity index (χ4v) is 9.06. The molecule has 2 aliphatic rings. The molecule has 9 rings (SSSR count). The van der Waals surface area contributed by atoms with Gasteiger partial charge in [-0.1, -0.05) is 91.0 Å². The summed E-state index contributed by atoms with van der Waals surface area (Å²) in [6, 6.07) is 31.3. The van der Waals surface area contributed by atoms with E-state index >= 15 is 0 Å². The number of benzene rings is 3. The summed E-state index contributed by atoms with van der Waals surface area (Å²) >= 11 is 0. The second-order valence-corrected chi connectivity index (χ2v) is 15.9. The van der Waals surface area contributed by atoms with Gasteiger partial charge in [0.05, 0.1) is 45.0 Å². The highest BCUT2D eigenvalue weighted by Crippen LogP contribution is 2.48. The van der Waals surface area contributed by atoms with Crippen molar-refractivity contribution in [2.45, 2.75) is 61.1 Å². The lowest BCUT2D eigenvalue weighted by atomic mass is 9.80. The first-order valence-corrected chi connectivity index (χ1v) is 21.0. The van der Waals surface area contributed by atoms with E-state index in [-0.39, 0.29) is 37.9 Å². The van der Waals surface area contributed by atoms with Crippen LogP contribution in [0.15, 0.2) is 116 Å². The van der Waals surface area contributed by atoms with Crippen LogP contribution in [0.2, 0.25) is 0 Å². The summed E-state index contributed by atoms with van der Waals surface area (Å²) < 4.78 is 41.6. The Labute approximate surface area is 360 Å². The van der Waals surface area contributed by atoms with Crippen LogP contribution in [0.25, 0.3) is 22.3 Å². The van der Waals surface area contributed by atoms with Crippen LogP contribution < -0.4 is 11.5 Å². The SMILES string of the molecule is N#CCCOP(OC[C@H]1O[C@@H](n2cnc3c(N)ncnc32)[C@H](O)[C@@H]1O)O[C@H]1[C@@H](O)[C@H](n2cnc3c(N)ncnc32)O[C@@H]1COC(c1ccccc1)(c1ccccc1)c1ccccc1. The third-order valence-corrected chi connectivity index (χ3v) is 12.1. The van der Waals surface area contributed by atoms with Gasteiger partial charge in [-0.2, -0.15) is 5.26 Å². The van der Waals surface area contributed by atoms with Crippen molar-refractivity contribution in [3.05, 3.63) is 133 Å². The summed E-state index contributed by atoms with van der Waals surface area (Å²) in [4.78, 5) is 25.2. The molecule has 4 aromatic heterocycles. The van der Waals surface area contributed by atoms with E-state index < -0.39 is 63.3 Å². The van der Waals surface area contributed by atoms with Gasteiger partial charge in [0.1, 0.15) is 65.9 Å². The molecule has 0 radical (unpaired) electrons. The fourth-order valence-electron chi connectivity index (χ4n) is 7.90. The Hall–Kier alpha value is -6.08. The molecule has 2 fully saturated rings. The number of rotatable bonds is 16. The molecular formula is C42H42N11O9P. The van der Waals surface area contributed by atoms with Crippen LogP contribution in [0.1, 0.15) is 35.6 Å². The first-order valence-electron chi connectivity index (χ1n) is 19.9. The number of imidazole rings is 2. The quantitative estimate of drug-likeness (QED) is 0.0529. The van der Waals surface area contributed by atoms with E-state index in [1.807, 2.05) is 97.1 Å². The third kappa shape index (κ3) is 8.07. The zero-order chi connectivity index (χ0) is 43.5. The lowest BCUT2D eigenvalue weighted by Gasteiger charge is -2.37. The van der Waals surface area contributed by atoms with Crippen molar-refractivity contribution >= 4 is 42.6 Å². The Kier molecular flexibility index (Phi) is 12.3. The van der Waals surface area contributed by atoms with Crippen molar-refractivity contribution in [1.82, 2.24) is 39.0 Å². The molecule has 2 saturated heterocycles. The third-order valence-electron chi connectivity index (χ3n) is 10.9. The van der Waals surface area contributed by atoms with Gasteiger partial charge in [0.25, 0.3) is 0 Å². The highest BCUT2D eigenvalue weighted by molar-refractivity contribution is 7.41. The molecule has 3 aromatic carbocycles. The molecule has 21 heteroatoms. The van der Waals surface area contributed by atoms with Gasteiger partial charge in [0, 0.05) is 0 Å². The largest absolute Gasteiger partial charge is 0.387 e. The zero-order valence-electron chi connectivity index (χ0n) is 33.3. The topological polar surface area (TPSA) is 279 Å². The molecule has 0 bridgehead atoms. The van der Waals surface area contributed by atoms with Crippen LogP contribution in [0.5, 0.6) is 0 Å². The number of nitrogen functional groups attached to an aromatic ring is 2. The van der Waals surface area contributed by atoms with Crippen molar-refractivity contribution in [2.24, 2.45) is 0 Å². The second kappa shape index (κ2) is 18.3. The van der Waals surface area contributed by atoms with Crippen molar-refractivity contribution in [1.29, 1.82) is 5.26 Å². The molecule has 7 aromatic rings. The summed E-state index contributed by atoms with van der Waals surface area (Å²) in [7, 11) is -2.41. The van der Waals surface area contributed by atoms with Gasteiger partial charge >= 0.3 is 8.60 Å². The summed E-state index contributed by atoms with van der Waals surface area (Å²) in [5.41, 5.74) is 14.6. The molecule has 20 nitrogen and oxygen atoms in total. The molecule has 2 aliphatic heterocycles. The number of nitrogens with two attached hydrogens (primary N) is 2. The molecule has 9 atom stereocenters. The van der Waals surface area contributed by atoms with Crippen LogP contribution in [-0.4, -0.2) is 111 Å². The van der Waals surface area contributed by atoms with E-state index in [1.165, 1.54) is 34.4 Å². The molecule has 0 spiro atoms.